The molecule has 0 bridgehead atoms. The maximum Gasteiger partial charge on any atom is 0.225 e. The Bertz CT molecular complexity index is 929. The van der Waals surface area contributed by atoms with Crippen LogP contribution in [-0.2, 0) is 16.0 Å². The van der Waals surface area contributed by atoms with Crippen LogP contribution in [0.15, 0.2) is 30.3 Å². The van der Waals surface area contributed by atoms with Crippen molar-refractivity contribution >= 4 is 5.91 Å². The van der Waals surface area contributed by atoms with Crippen molar-refractivity contribution in [3.05, 3.63) is 52.8 Å². The first kappa shape index (κ1) is 25.5. The van der Waals surface area contributed by atoms with Gasteiger partial charge in [0.1, 0.15) is 6.07 Å². The molecule has 1 heterocycles. The van der Waals surface area contributed by atoms with E-state index in [1.165, 1.54) is 5.56 Å². The molecule has 0 radical (unpaired) electrons. The number of nitrogens with zero attached hydrogens (tertiary/aromatic N) is 3. The summed E-state index contributed by atoms with van der Waals surface area (Å²) in [5.41, 5.74) is 5.76. The van der Waals surface area contributed by atoms with E-state index >= 15 is 0 Å². The molecule has 1 atom stereocenters. The van der Waals surface area contributed by atoms with Crippen molar-refractivity contribution in [3.8, 4) is 17.2 Å². The highest BCUT2D eigenvalue weighted by atomic mass is 16.5. The van der Waals surface area contributed by atoms with Crippen LogP contribution in [0.2, 0.25) is 0 Å². The van der Waals surface area contributed by atoms with Crippen LogP contribution < -0.4 is 0 Å². The van der Waals surface area contributed by atoms with Gasteiger partial charge >= 0.3 is 0 Å². The third-order valence-corrected chi connectivity index (χ3v) is 5.80. The molecule has 0 spiro atoms. The maximum atomic E-state index is 12.6. The number of benzene rings is 1. The molecule has 0 saturated carbocycles. The second-order valence-electron chi connectivity index (χ2n) is 8.77. The lowest BCUT2D eigenvalue weighted by atomic mass is 9.93. The van der Waals surface area contributed by atoms with Crippen LogP contribution in [0.1, 0.15) is 75.4 Å². The number of ether oxygens (including phenoxy) is 1. The monoisotopic (exact) mass is 435 g/mol. The van der Waals surface area contributed by atoms with Crippen molar-refractivity contribution in [2.75, 3.05) is 20.3 Å². The maximum absolute atomic E-state index is 12.6. The third kappa shape index (κ3) is 6.64. The Balaban J connectivity index is 2.29. The number of methoxy groups -OCH3 is 1. The highest BCUT2D eigenvalue weighted by Crippen LogP contribution is 2.30. The van der Waals surface area contributed by atoms with Gasteiger partial charge in [0, 0.05) is 25.3 Å². The van der Waals surface area contributed by atoms with Crippen molar-refractivity contribution < 1.29 is 9.53 Å². The Kier molecular flexibility index (Phi) is 9.87. The summed E-state index contributed by atoms with van der Waals surface area (Å²) in [5, 5.41) is 9.84. The van der Waals surface area contributed by atoms with Crippen LogP contribution in [-0.4, -0.2) is 42.1 Å². The SMILES string of the molecule is CCCN(C(=O)CCOC)C(C)CCc1nc(C(C)C)c(-c2ccc(C)cc2)cc1C#N. The number of carbonyl (C=O) groups excluding carboxylic acids is 1. The fraction of sp³-hybridized carbons (Fsp3) is 0.519. The van der Waals surface area contributed by atoms with E-state index in [0.717, 1.165) is 41.9 Å². The molecule has 5 heteroatoms. The molecule has 1 unspecified atom stereocenters. The van der Waals surface area contributed by atoms with Crippen LogP contribution >= 0.6 is 0 Å². The van der Waals surface area contributed by atoms with Crippen molar-refractivity contribution in [3.63, 3.8) is 0 Å². The van der Waals surface area contributed by atoms with E-state index in [-0.39, 0.29) is 17.9 Å². The topological polar surface area (TPSA) is 66.2 Å². The highest BCUT2D eigenvalue weighted by Gasteiger charge is 2.21. The van der Waals surface area contributed by atoms with Crippen molar-refractivity contribution in [2.24, 2.45) is 0 Å². The van der Waals surface area contributed by atoms with Gasteiger partial charge in [-0.05, 0) is 50.7 Å². The molecule has 5 nitrogen and oxygen atoms in total. The number of rotatable bonds is 11. The number of aryl methyl sites for hydroxylation is 2. The summed E-state index contributed by atoms with van der Waals surface area (Å²) in [5.74, 6) is 0.356. The molecular weight excluding hydrogens is 398 g/mol. The Morgan fingerprint density at radius 2 is 1.91 bits per heavy atom. The first-order valence-corrected chi connectivity index (χ1v) is 11.6. The van der Waals surface area contributed by atoms with E-state index in [9.17, 15) is 10.1 Å². The molecule has 1 aromatic carbocycles. The van der Waals surface area contributed by atoms with Gasteiger partial charge < -0.3 is 9.64 Å². The molecule has 0 N–H and O–H groups in total. The van der Waals surface area contributed by atoms with E-state index in [4.69, 9.17) is 9.72 Å². The average Bonchev–Trinajstić information content (AvgIpc) is 2.79. The lowest BCUT2D eigenvalue weighted by Crippen LogP contribution is -2.40. The van der Waals surface area contributed by atoms with Gasteiger partial charge in [-0.15, -0.1) is 0 Å². The molecule has 0 saturated heterocycles. The zero-order valence-electron chi connectivity index (χ0n) is 20.4. The standard InChI is InChI=1S/C27H37N3O2/c1-7-15-30(26(31)14-16-32-6)21(5)10-13-25-23(18-28)17-24(27(29-25)19(2)3)22-11-8-20(4)9-12-22/h8-9,11-12,17,19,21H,7,10,13-16H2,1-6H3. The van der Waals surface area contributed by atoms with E-state index in [2.05, 4.69) is 65.0 Å². The van der Waals surface area contributed by atoms with Crippen molar-refractivity contribution in [2.45, 2.75) is 72.3 Å². The second kappa shape index (κ2) is 12.4. The predicted molar refractivity (Wildman–Crippen MR) is 129 cm³/mol. The Morgan fingerprint density at radius 3 is 2.47 bits per heavy atom. The fourth-order valence-corrected chi connectivity index (χ4v) is 3.93. The van der Waals surface area contributed by atoms with Crippen LogP contribution in [0.5, 0.6) is 0 Å². The first-order chi connectivity index (χ1) is 15.3. The number of pyridine rings is 1. The van der Waals surface area contributed by atoms with Crippen LogP contribution in [0.4, 0.5) is 0 Å². The summed E-state index contributed by atoms with van der Waals surface area (Å²) in [7, 11) is 1.61. The lowest BCUT2D eigenvalue weighted by molar-refractivity contribution is -0.134. The summed E-state index contributed by atoms with van der Waals surface area (Å²) < 4.78 is 5.08. The summed E-state index contributed by atoms with van der Waals surface area (Å²) in [6, 6.07) is 12.8. The van der Waals surface area contributed by atoms with Gasteiger partial charge in [-0.3, -0.25) is 9.78 Å². The van der Waals surface area contributed by atoms with E-state index < -0.39 is 0 Å². The first-order valence-electron chi connectivity index (χ1n) is 11.6. The quantitative estimate of drug-likeness (QED) is 0.457. The molecule has 1 aromatic heterocycles. The third-order valence-electron chi connectivity index (χ3n) is 5.80. The number of hydrogen-bond donors (Lipinski definition) is 0. The number of aromatic nitrogens is 1. The van der Waals surface area contributed by atoms with Crippen molar-refractivity contribution in [1.82, 2.24) is 9.88 Å². The number of carbonyl (C=O) groups is 1. The minimum Gasteiger partial charge on any atom is -0.384 e. The molecule has 32 heavy (non-hydrogen) atoms. The van der Waals surface area contributed by atoms with Gasteiger partial charge in [0.2, 0.25) is 5.91 Å². The lowest BCUT2D eigenvalue weighted by Gasteiger charge is -2.29. The number of nitriles is 1. The predicted octanol–water partition coefficient (Wildman–Crippen LogP) is 5.65. The molecule has 0 aliphatic heterocycles. The van der Waals surface area contributed by atoms with E-state index in [1.54, 1.807) is 7.11 Å². The minimum absolute atomic E-state index is 0.0759. The van der Waals surface area contributed by atoms with E-state index in [1.807, 2.05) is 11.0 Å². The van der Waals surface area contributed by atoms with Gasteiger partial charge in [0.15, 0.2) is 0 Å². The molecule has 0 aliphatic carbocycles. The average molecular weight is 436 g/mol. The smallest absolute Gasteiger partial charge is 0.225 e. The van der Waals surface area contributed by atoms with Gasteiger partial charge in [-0.25, -0.2) is 0 Å². The molecule has 2 aromatic rings. The van der Waals surface area contributed by atoms with Gasteiger partial charge in [-0.1, -0.05) is 50.6 Å². The van der Waals surface area contributed by atoms with E-state index in [0.29, 0.717) is 25.0 Å². The normalized spacial score (nSPS) is 11.9. The Labute approximate surface area is 193 Å². The zero-order chi connectivity index (χ0) is 23.7. The van der Waals surface area contributed by atoms with Crippen LogP contribution in [0.3, 0.4) is 0 Å². The molecule has 1 amide bonds. The summed E-state index contributed by atoms with van der Waals surface area (Å²) in [6.07, 6.45) is 2.73. The van der Waals surface area contributed by atoms with Gasteiger partial charge in [-0.2, -0.15) is 5.26 Å². The Morgan fingerprint density at radius 1 is 1.22 bits per heavy atom. The zero-order valence-corrected chi connectivity index (χ0v) is 20.4. The summed E-state index contributed by atoms with van der Waals surface area (Å²) in [4.78, 5) is 19.5. The fourth-order valence-electron chi connectivity index (χ4n) is 3.93. The molecule has 2 rings (SSSR count). The van der Waals surface area contributed by atoms with Gasteiger partial charge in [0.25, 0.3) is 0 Å². The Hall–Kier alpha value is -2.71. The van der Waals surface area contributed by atoms with Crippen molar-refractivity contribution in [1.29, 1.82) is 5.26 Å². The van der Waals surface area contributed by atoms with Crippen LogP contribution in [0, 0.1) is 18.3 Å². The molecular formula is C27H37N3O2. The largest absolute Gasteiger partial charge is 0.384 e. The summed E-state index contributed by atoms with van der Waals surface area (Å²) >= 11 is 0. The van der Waals surface area contributed by atoms with Gasteiger partial charge in [0.05, 0.1) is 30.0 Å². The summed E-state index contributed by atoms with van der Waals surface area (Å²) in [6.45, 7) is 11.7. The molecule has 0 aliphatic rings. The minimum atomic E-state index is 0.0759. The molecule has 0 fully saturated rings. The molecule has 172 valence electrons. The number of amides is 1. The number of hydrogen-bond acceptors (Lipinski definition) is 4. The second-order valence-corrected chi connectivity index (χ2v) is 8.77. The highest BCUT2D eigenvalue weighted by molar-refractivity contribution is 5.76. The van der Waals surface area contributed by atoms with Crippen LogP contribution in [0.25, 0.3) is 11.1 Å².